The zero-order valence-electron chi connectivity index (χ0n) is 10.3. The van der Waals surface area contributed by atoms with Crippen LogP contribution in [0.3, 0.4) is 0 Å². The van der Waals surface area contributed by atoms with Gasteiger partial charge in [-0.15, -0.1) is 11.3 Å². The van der Waals surface area contributed by atoms with Gasteiger partial charge in [-0.2, -0.15) is 13.2 Å². The highest BCUT2D eigenvalue weighted by Gasteiger charge is 2.30. The predicted molar refractivity (Wildman–Crippen MR) is 65.7 cm³/mol. The molecular formula is C12H17F3N2S. The molecule has 1 aromatic heterocycles. The minimum absolute atomic E-state index is 0.193. The third kappa shape index (κ3) is 4.24. The molecule has 1 N–H and O–H groups in total. The minimum Gasteiger partial charge on any atom is -0.309 e. The normalized spacial score (nSPS) is 16.2. The van der Waals surface area contributed by atoms with Gasteiger partial charge in [0.1, 0.15) is 5.01 Å². The lowest BCUT2D eigenvalue weighted by atomic mass is 10.2. The maximum absolute atomic E-state index is 12.3. The molecule has 1 saturated carbocycles. The first kappa shape index (κ1) is 13.8. The quantitative estimate of drug-likeness (QED) is 0.862. The Morgan fingerprint density at radius 3 is 2.67 bits per heavy atom. The van der Waals surface area contributed by atoms with E-state index in [9.17, 15) is 13.2 Å². The van der Waals surface area contributed by atoms with Gasteiger partial charge in [0.15, 0.2) is 0 Å². The van der Waals surface area contributed by atoms with Crippen molar-refractivity contribution in [2.75, 3.05) is 0 Å². The topological polar surface area (TPSA) is 24.9 Å². The van der Waals surface area contributed by atoms with Crippen LogP contribution in [-0.4, -0.2) is 17.2 Å². The van der Waals surface area contributed by atoms with Gasteiger partial charge < -0.3 is 5.32 Å². The summed E-state index contributed by atoms with van der Waals surface area (Å²) < 4.78 is 37.0. The Morgan fingerprint density at radius 1 is 1.39 bits per heavy atom. The van der Waals surface area contributed by atoms with Crippen molar-refractivity contribution >= 4 is 11.3 Å². The number of thiazole rings is 1. The Labute approximate surface area is 109 Å². The first-order valence-electron chi connectivity index (χ1n) is 6.25. The van der Waals surface area contributed by atoms with Gasteiger partial charge >= 0.3 is 6.18 Å². The van der Waals surface area contributed by atoms with Crippen LogP contribution in [0.2, 0.25) is 0 Å². The second-order valence-electron chi connectivity index (χ2n) is 4.67. The van der Waals surface area contributed by atoms with Gasteiger partial charge in [-0.05, 0) is 19.3 Å². The van der Waals surface area contributed by atoms with Crippen LogP contribution in [0.5, 0.6) is 0 Å². The van der Waals surface area contributed by atoms with E-state index in [-0.39, 0.29) is 5.01 Å². The van der Waals surface area contributed by atoms with Gasteiger partial charge in [-0.1, -0.05) is 13.3 Å². The number of alkyl halides is 3. The monoisotopic (exact) mass is 278 g/mol. The average molecular weight is 278 g/mol. The Balaban J connectivity index is 2.04. The highest BCUT2D eigenvalue weighted by atomic mass is 32.1. The fourth-order valence-corrected chi connectivity index (χ4v) is 2.88. The average Bonchev–Trinajstić information content (AvgIpc) is 2.99. The summed E-state index contributed by atoms with van der Waals surface area (Å²) in [5.74, 6) is 0. The van der Waals surface area contributed by atoms with Crippen molar-refractivity contribution in [2.24, 2.45) is 0 Å². The van der Waals surface area contributed by atoms with E-state index in [1.54, 1.807) is 0 Å². The summed E-state index contributed by atoms with van der Waals surface area (Å²) in [7, 11) is 0. The standard InChI is InChI=1S/C12H17F3N2S/c1-2-3-9-10(7-16-8-4-5-8)18-11(17-9)6-12(13,14)15/h8,16H,2-7H2,1H3. The number of nitrogens with zero attached hydrogens (tertiary/aromatic N) is 1. The van der Waals surface area contributed by atoms with Crippen LogP contribution < -0.4 is 5.32 Å². The van der Waals surface area contributed by atoms with E-state index in [2.05, 4.69) is 10.3 Å². The van der Waals surface area contributed by atoms with Gasteiger partial charge in [-0.25, -0.2) is 4.98 Å². The summed E-state index contributed by atoms with van der Waals surface area (Å²) in [5, 5.41) is 3.53. The lowest BCUT2D eigenvalue weighted by molar-refractivity contribution is -0.127. The van der Waals surface area contributed by atoms with Crippen molar-refractivity contribution < 1.29 is 13.2 Å². The SMILES string of the molecule is CCCc1nc(CC(F)(F)F)sc1CNC1CC1. The van der Waals surface area contributed by atoms with Gasteiger partial charge in [0.05, 0.1) is 12.1 Å². The third-order valence-corrected chi connectivity index (χ3v) is 3.89. The zero-order chi connectivity index (χ0) is 13.2. The molecule has 18 heavy (non-hydrogen) atoms. The number of hydrogen-bond donors (Lipinski definition) is 1. The van der Waals surface area contributed by atoms with Crippen LogP contribution in [0.1, 0.15) is 41.8 Å². The molecule has 0 atom stereocenters. The molecule has 0 unspecified atom stereocenters. The Hall–Kier alpha value is -0.620. The van der Waals surface area contributed by atoms with Crippen molar-refractivity contribution in [3.63, 3.8) is 0 Å². The summed E-state index contributed by atoms with van der Waals surface area (Å²) in [6, 6.07) is 0.563. The molecule has 1 fully saturated rings. The molecule has 0 bridgehead atoms. The molecule has 1 aromatic rings. The second-order valence-corrected chi connectivity index (χ2v) is 5.84. The Kier molecular flexibility index (Phi) is 4.27. The number of nitrogens with one attached hydrogen (secondary N) is 1. The summed E-state index contributed by atoms with van der Waals surface area (Å²) >= 11 is 1.20. The van der Waals surface area contributed by atoms with Gasteiger partial charge in [0.25, 0.3) is 0 Å². The molecule has 0 aliphatic heterocycles. The van der Waals surface area contributed by atoms with Crippen LogP contribution >= 0.6 is 11.3 Å². The summed E-state index contributed by atoms with van der Waals surface area (Å²) in [6.45, 7) is 2.68. The van der Waals surface area contributed by atoms with Crippen molar-refractivity contribution in [3.8, 4) is 0 Å². The van der Waals surface area contributed by atoms with Crippen LogP contribution in [0.15, 0.2) is 0 Å². The largest absolute Gasteiger partial charge is 0.395 e. The van der Waals surface area contributed by atoms with Crippen LogP contribution in [-0.2, 0) is 19.4 Å². The number of rotatable bonds is 6. The maximum atomic E-state index is 12.3. The van der Waals surface area contributed by atoms with Crippen molar-refractivity contribution in [3.05, 3.63) is 15.6 Å². The first-order chi connectivity index (χ1) is 8.48. The molecule has 102 valence electrons. The maximum Gasteiger partial charge on any atom is 0.395 e. The van der Waals surface area contributed by atoms with E-state index < -0.39 is 12.6 Å². The second kappa shape index (κ2) is 5.57. The van der Waals surface area contributed by atoms with Gasteiger partial charge in [0.2, 0.25) is 0 Å². The lowest BCUT2D eigenvalue weighted by Crippen LogP contribution is -2.15. The van der Waals surface area contributed by atoms with Crippen LogP contribution in [0.25, 0.3) is 0 Å². The Bertz CT molecular complexity index is 397. The molecule has 0 radical (unpaired) electrons. The van der Waals surface area contributed by atoms with E-state index in [0.29, 0.717) is 12.6 Å². The molecular weight excluding hydrogens is 261 g/mol. The summed E-state index contributed by atoms with van der Waals surface area (Å²) in [6.07, 6.45) is -1.04. The van der Waals surface area contributed by atoms with E-state index in [0.717, 1.165) is 23.4 Å². The number of aromatic nitrogens is 1. The van der Waals surface area contributed by atoms with Crippen LogP contribution in [0.4, 0.5) is 13.2 Å². The third-order valence-electron chi connectivity index (χ3n) is 2.79. The molecule has 1 aliphatic rings. The van der Waals surface area contributed by atoms with Crippen LogP contribution in [0, 0.1) is 0 Å². The van der Waals surface area contributed by atoms with Crippen molar-refractivity contribution in [2.45, 2.75) is 57.8 Å². The molecule has 0 amide bonds. The van der Waals surface area contributed by atoms with Crippen molar-refractivity contribution in [1.29, 1.82) is 0 Å². The van der Waals surface area contributed by atoms with E-state index in [4.69, 9.17) is 0 Å². The number of aryl methyl sites for hydroxylation is 1. The molecule has 6 heteroatoms. The zero-order valence-corrected chi connectivity index (χ0v) is 11.1. The highest BCUT2D eigenvalue weighted by molar-refractivity contribution is 7.11. The molecule has 0 saturated heterocycles. The smallest absolute Gasteiger partial charge is 0.309 e. The van der Waals surface area contributed by atoms with E-state index in [1.807, 2.05) is 6.92 Å². The van der Waals surface area contributed by atoms with Gasteiger partial charge in [0, 0.05) is 17.5 Å². The predicted octanol–water partition coefficient (Wildman–Crippen LogP) is 3.45. The Morgan fingerprint density at radius 2 is 2.11 bits per heavy atom. The van der Waals surface area contributed by atoms with E-state index in [1.165, 1.54) is 24.2 Å². The fraction of sp³-hybridized carbons (Fsp3) is 0.750. The molecule has 2 rings (SSSR count). The molecule has 1 heterocycles. The molecule has 0 spiro atoms. The van der Waals surface area contributed by atoms with E-state index >= 15 is 0 Å². The summed E-state index contributed by atoms with van der Waals surface area (Å²) in [5.41, 5.74) is 0.843. The lowest BCUT2D eigenvalue weighted by Gasteiger charge is -2.02. The molecule has 2 nitrogen and oxygen atoms in total. The van der Waals surface area contributed by atoms with Gasteiger partial charge in [-0.3, -0.25) is 0 Å². The number of halogens is 3. The summed E-state index contributed by atoms with van der Waals surface area (Å²) in [4.78, 5) is 5.12. The minimum atomic E-state index is -4.16. The number of hydrogen-bond acceptors (Lipinski definition) is 3. The van der Waals surface area contributed by atoms with Crippen molar-refractivity contribution in [1.82, 2.24) is 10.3 Å². The first-order valence-corrected chi connectivity index (χ1v) is 7.07. The fourth-order valence-electron chi connectivity index (χ4n) is 1.78. The highest BCUT2D eigenvalue weighted by Crippen LogP contribution is 2.28. The molecule has 1 aliphatic carbocycles. The molecule has 0 aromatic carbocycles.